The van der Waals surface area contributed by atoms with Crippen LogP contribution in [-0.4, -0.2) is 34.3 Å². The Kier molecular flexibility index (Phi) is 4.34. The smallest absolute Gasteiger partial charge is 0.247 e. The number of hydrogen-bond donors (Lipinski definition) is 1. The lowest BCUT2D eigenvalue weighted by molar-refractivity contribution is -0.142. The molecular weight excluding hydrogens is 264 g/mol. The van der Waals surface area contributed by atoms with E-state index in [2.05, 4.69) is 12.2 Å². The van der Waals surface area contributed by atoms with E-state index >= 15 is 0 Å². The highest BCUT2D eigenvalue weighted by Gasteiger charge is 2.44. The maximum atomic E-state index is 12.7. The van der Waals surface area contributed by atoms with Gasteiger partial charge in [-0.1, -0.05) is 38.5 Å². The number of amides is 2. The van der Waals surface area contributed by atoms with Crippen molar-refractivity contribution in [2.24, 2.45) is 0 Å². The van der Waals surface area contributed by atoms with E-state index in [1.165, 1.54) is 25.7 Å². The third kappa shape index (κ3) is 3.15. The first-order valence-electron chi connectivity index (χ1n) is 8.73. The van der Waals surface area contributed by atoms with E-state index in [4.69, 9.17) is 0 Å². The lowest BCUT2D eigenvalue weighted by atomic mass is 9.99. The van der Waals surface area contributed by atoms with Crippen molar-refractivity contribution in [3.63, 3.8) is 0 Å². The summed E-state index contributed by atoms with van der Waals surface area (Å²) in [6.45, 7) is 2.20. The SMILES string of the molecule is CC1(NC2CC(=O)N(C3CCCCCC3)C2=O)CCCC1. The second kappa shape index (κ2) is 6.07. The molecule has 1 saturated heterocycles. The first kappa shape index (κ1) is 15.0. The van der Waals surface area contributed by atoms with Crippen molar-refractivity contribution in [1.29, 1.82) is 0 Å². The standard InChI is InChI=1S/C17H28N2O2/c1-17(10-6-7-11-17)18-14-12-15(20)19(16(14)21)13-8-4-2-3-5-9-13/h13-14,18H,2-12H2,1H3. The Morgan fingerprint density at radius 3 is 2.24 bits per heavy atom. The van der Waals surface area contributed by atoms with Gasteiger partial charge in [-0.05, 0) is 32.6 Å². The molecule has 0 aromatic rings. The number of nitrogens with one attached hydrogen (secondary N) is 1. The predicted molar refractivity (Wildman–Crippen MR) is 81.8 cm³/mol. The minimum absolute atomic E-state index is 0.0417. The topological polar surface area (TPSA) is 49.4 Å². The summed E-state index contributed by atoms with van der Waals surface area (Å²) in [5.74, 6) is 0.0889. The van der Waals surface area contributed by atoms with E-state index in [-0.39, 0.29) is 29.4 Å². The second-order valence-corrected chi connectivity index (χ2v) is 7.42. The maximum Gasteiger partial charge on any atom is 0.247 e. The summed E-state index contributed by atoms with van der Waals surface area (Å²) in [6.07, 6.45) is 11.8. The lowest BCUT2D eigenvalue weighted by Crippen LogP contribution is -2.50. The van der Waals surface area contributed by atoms with Crippen LogP contribution in [-0.2, 0) is 9.59 Å². The fourth-order valence-electron chi connectivity index (χ4n) is 4.38. The zero-order valence-corrected chi connectivity index (χ0v) is 13.2. The molecule has 1 aliphatic heterocycles. The van der Waals surface area contributed by atoms with Crippen LogP contribution in [0.25, 0.3) is 0 Å². The number of likely N-dealkylation sites (tertiary alicyclic amines) is 1. The van der Waals surface area contributed by atoms with Gasteiger partial charge in [0.25, 0.3) is 0 Å². The first-order chi connectivity index (χ1) is 10.1. The van der Waals surface area contributed by atoms with Gasteiger partial charge in [0.1, 0.15) is 0 Å². The van der Waals surface area contributed by atoms with Gasteiger partial charge in [-0.3, -0.25) is 14.5 Å². The predicted octanol–water partition coefficient (Wildman–Crippen LogP) is 2.76. The van der Waals surface area contributed by atoms with Gasteiger partial charge < -0.3 is 5.32 Å². The normalized spacial score (nSPS) is 30.9. The van der Waals surface area contributed by atoms with E-state index in [1.807, 2.05) is 0 Å². The molecular formula is C17H28N2O2. The Morgan fingerprint density at radius 2 is 1.62 bits per heavy atom. The number of carbonyl (C=O) groups is 2. The average molecular weight is 292 g/mol. The molecule has 0 radical (unpaired) electrons. The van der Waals surface area contributed by atoms with Crippen LogP contribution in [0.2, 0.25) is 0 Å². The molecule has 118 valence electrons. The molecule has 2 amide bonds. The first-order valence-corrected chi connectivity index (χ1v) is 8.73. The molecule has 1 unspecified atom stereocenters. The molecule has 0 bridgehead atoms. The van der Waals surface area contributed by atoms with Crippen molar-refractivity contribution in [3.05, 3.63) is 0 Å². The largest absolute Gasteiger partial charge is 0.300 e. The molecule has 3 aliphatic rings. The molecule has 1 atom stereocenters. The van der Waals surface area contributed by atoms with Gasteiger partial charge in [-0.25, -0.2) is 0 Å². The molecule has 4 nitrogen and oxygen atoms in total. The van der Waals surface area contributed by atoms with Gasteiger partial charge in [0.05, 0.1) is 12.5 Å². The van der Waals surface area contributed by atoms with Crippen LogP contribution in [0.4, 0.5) is 0 Å². The lowest BCUT2D eigenvalue weighted by Gasteiger charge is -2.30. The van der Waals surface area contributed by atoms with Gasteiger partial charge in [-0.2, -0.15) is 0 Å². The molecule has 4 heteroatoms. The molecule has 2 saturated carbocycles. The summed E-state index contributed by atoms with van der Waals surface area (Å²) in [6, 6.07) is -0.112. The van der Waals surface area contributed by atoms with Crippen molar-refractivity contribution < 1.29 is 9.59 Å². The quantitative estimate of drug-likeness (QED) is 0.643. The molecule has 1 N–H and O–H groups in total. The van der Waals surface area contributed by atoms with Gasteiger partial charge in [-0.15, -0.1) is 0 Å². The third-order valence-electron chi connectivity index (χ3n) is 5.60. The number of carbonyl (C=O) groups excluding carboxylic acids is 2. The number of imide groups is 1. The summed E-state index contributed by atoms with van der Waals surface area (Å²) in [7, 11) is 0. The van der Waals surface area contributed by atoms with Crippen LogP contribution in [0.1, 0.15) is 77.6 Å². The van der Waals surface area contributed by atoms with E-state index in [0.29, 0.717) is 6.42 Å². The number of nitrogens with zero attached hydrogens (tertiary/aromatic N) is 1. The van der Waals surface area contributed by atoms with Gasteiger partial charge in [0.15, 0.2) is 0 Å². The maximum absolute atomic E-state index is 12.7. The van der Waals surface area contributed by atoms with Crippen molar-refractivity contribution in [2.45, 2.75) is 95.2 Å². The summed E-state index contributed by atoms with van der Waals surface area (Å²) in [5, 5.41) is 3.51. The molecule has 1 heterocycles. The van der Waals surface area contributed by atoms with Crippen molar-refractivity contribution in [2.75, 3.05) is 0 Å². The summed E-state index contributed by atoms with van der Waals surface area (Å²) in [5.41, 5.74) is 0.0556. The molecule has 0 aromatic carbocycles. The van der Waals surface area contributed by atoms with Crippen LogP contribution in [0.5, 0.6) is 0 Å². The van der Waals surface area contributed by atoms with Crippen LogP contribution in [0.15, 0.2) is 0 Å². The Balaban J connectivity index is 1.66. The van der Waals surface area contributed by atoms with Gasteiger partial charge >= 0.3 is 0 Å². The van der Waals surface area contributed by atoms with Crippen LogP contribution in [0.3, 0.4) is 0 Å². The number of hydrogen-bond acceptors (Lipinski definition) is 3. The highest BCUT2D eigenvalue weighted by molar-refractivity contribution is 6.05. The molecule has 3 fully saturated rings. The Labute approximate surface area is 127 Å². The Bertz CT molecular complexity index is 407. The zero-order valence-electron chi connectivity index (χ0n) is 13.2. The average Bonchev–Trinajstić information content (AvgIpc) is 2.85. The summed E-state index contributed by atoms with van der Waals surface area (Å²) in [4.78, 5) is 26.7. The summed E-state index contributed by atoms with van der Waals surface area (Å²) < 4.78 is 0. The Hall–Kier alpha value is -0.900. The monoisotopic (exact) mass is 292 g/mol. The molecule has 0 spiro atoms. The van der Waals surface area contributed by atoms with Gasteiger partial charge in [0, 0.05) is 11.6 Å². The van der Waals surface area contributed by atoms with Gasteiger partial charge in [0.2, 0.25) is 11.8 Å². The molecule has 21 heavy (non-hydrogen) atoms. The Morgan fingerprint density at radius 1 is 1.00 bits per heavy atom. The minimum atomic E-state index is -0.274. The van der Waals surface area contributed by atoms with Crippen LogP contribution >= 0.6 is 0 Å². The van der Waals surface area contributed by atoms with E-state index < -0.39 is 0 Å². The van der Waals surface area contributed by atoms with Crippen molar-refractivity contribution >= 4 is 11.8 Å². The third-order valence-corrected chi connectivity index (χ3v) is 5.60. The van der Waals surface area contributed by atoms with E-state index in [9.17, 15) is 9.59 Å². The zero-order chi connectivity index (χ0) is 14.9. The van der Waals surface area contributed by atoms with Crippen molar-refractivity contribution in [3.8, 4) is 0 Å². The molecule has 2 aliphatic carbocycles. The highest BCUT2D eigenvalue weighted by atomic mass is 16.2. The van der Waals surface area contributed by atoms with Crippen LogP contribution < -0.4 is 5.32 Å². The highest BCUT2D eigenvalue weighted by Crippen LogP contribution is 2.32. The fraction of sp³-hybridized carbons (Fsp3) is 0.882. The minimum Gasteiger partial charge on any atom is -0.300 e. The van der Waals surface area contributed by atoms with E-state index in [0.717, 1.165) is 38.5 Å². The van der Waals surface area contributed by atoms with Crippen LogP contribution in [0, 0.1) is 0 Å². The number of rotatable bonds is 3. The molecule has 3 rings (SSSR count). The summed E-state index contributed by atoms with van der Waals surface area (Å²) >= 11 is 0. The fourth-order valence-corrected chi connectivity index (χ4v) is 4.38. The van der Waals surface area contributed by atoms with E-state index in [1.54, 1.807) is 4.90 Å². The second-order valence-electron chi connectivity index (χ2n) is 7.42. The van der Waals surface area contributed by atoms with Crippen molar-refractivity contribution in [1.82, 2.24) is 10.2 Å². The molecule has 0 aromatic heterocycles.